The maximum absolute atomic E-state index is 4.79. The van der Waals surface area contributed by atoms with Gasteiger partial charge in [0, 0.05) is 32.3 Å². The molecule has 0 saturated carbocycles. The Hall–Kier alpha value is -2.97. The molecular weight excluding hydrogens is 334 g/mol. The molecule has 1 aromatic heterocycles. The minimum Gasteiger partial charge on any atom is -0.354 e. The van der Waals surface area contributed by atoms with E-state index in [1.807, 2.05) is 6.07 Å². The van der Waals surface area contributed by atoms with E-state index in [0.717, 1.165) is 15.9 Å². The van der Waals surface area contributed by atoms with Gasteiger partial charge in [-0.25, -0.2) is 0 Å². The van der Waals surface area contributed by atoms with Gasteiger partial charge < -0.3 is 4.98 Å². The lowest BCUT2D eigenvalue weighted by Crippen LogP contribution is -1.84. The SMILES string of the molecule is Sc1ccc2[nH]c3cccc(-c4ccccc4)c3c2c1-c1ccccc1. The number of nitrogens with one attached hydrogen (secondary N) is 1. The van der Waals surface area contributed by atoms with Crippen molar-refractivity contribution in [1.82, 2.24) is 4.98 Å². The molecule has 0 aliphatic rings. The smallest absolute Gasteiger partial charge is 0.0472 e. The Morgan fingerprint density at radius 2 is 1.19 bits per heavy atom. The number of aromatic nitrogens is 1. The van der Waals surface area contributed by atoms with Gasteiger partial charge in [-0.3, -0.25) is 0 Å². The molecule has 0 amide bonds. The fourth-order valence-corrected chi connectivity index (χ4v) is 4.10. The molecule has 1 nitrogen and oxygen atoms in total. The minimum absolute atomic E-state index is 0.993. The first-order valence-electron chi connectivity index (χ1n) is 8.70. The lowest BCUT2D eigenvalue weighted by molar-refractivity contribution is 1.48. The highest BCUT2D eigenvalue weighted by Crippen LogP contribution is 2.42. The molecule has 4 aromatic carbocycles. The summed E-state index contributed by atoms with van der Waals surface area (Å²) < 4.78 is 0. The summed E-state index contributed by atoms with van der Waals surface area (Å²) in [4.78, 5) is 4.58. The third-order valence-electron chi connectivity index (χ3n) is 4.91. The highest BCUT2D eigenvalue weighted by molar-refractivity contribution is 7.80. The van der Waals surface area contributed by atoms with E-state index < -0.39 is 0 Å². The van der Waals surface area contributed by atoms with Crippen LogP contribution < -0.4 is 0 Å². The van der Waals surface area contributed by atoms with Crippen LogP contribution in [0.15, 0.2) is 95.9 Å². The summed E-state index contributed by atoms with van der Waals surface area (Å²) in [7, 11) is 0. The first-order valence-corrected chi connectivity index (χ1v) is 9.15. The van der Waals surface area contributed by atoms with Gasteiger partial charge in [-0.1, -0.05) is 72.8 Å². The molecule has 0 aliphatic carbocycles. The molecule has 0 unspecified atom stereocenters. The van der Waals surface area contributed by atoms with Crippen LogP contribution in [-0.2, 0) is 0 Å². The third-order valence-corrected chi connectivity index (χ3v) is 5.29. The number of rotatable bonds is 2. The van der Waals surface area contributed by atoms with E-state index in [1.165, 1.54) is 33.0 Å². The number of hydrogen-bond donors (Lipinski definition) is 2. The van der Waals surface area contributed by atoms with Gasteiger partial charge >= 0.3 is 0 Å². The van der Waals surface area contributed by atoms with E-state index in [1.54, 1.807) is 0 Å². The Morgan fingerprint density at radius 1 is 0.538 bits per heavy atom. The van der Waals surface area contributed by atoms with Crippen LogP contribution in [-0.4, -0.2) is 4.98 Å². The normalized spacial score (nSPS) is 11.3. The Kier molecular flexibility index (Phi) is 3.58. The molecule has 1 heterocycles. The molecule has 0 radical (unpaired) electrons. The molecule has 2 heteroatoms. The summed E-state index contributed by atoms with van der Waals surface area (Å²) in [6.07, 6.45) is 0. The standard InChI is InChI=1S/C24H17NS/c26-21-15-14-20-24(22(21)17-10-5-2-6-11-17)23-18(12-7-13-19(23)25-20)16-8-3-1-4-9-16/h1-15,25-26H. The number of fused-ring (bicyclic) bond motifs is 3. The van der Waals surface area contributed by atoms with E-state index in [4.69, 9.17) is 12.6 Å². The molecule has 0 fully saturated rings. The first kappa shape index (κ1) is 15.3. The second-order valence-corrected chi connectivity index (χ2v) is 6.95. The summed E-state index contributed by atoms with van der Waals surface area (Å²) in [6.45, 7) is 0. The largest absolute Gasteiger partial charge is 0.354 e. The summed E-state index contributed by atoms with van der Waals surface area (Å²) in [5, 5.41) is 2.49. The van der Waals surface area contributed by atoms with Crippen molar-refractivity contribution in [1.29, 1.82) is 0 Å². The summed E-state index contributed by atoms with van der Waals surface area (Å²) in [5.41, 5.74) is 7.12. The van der Waals surface area contributed by atoms with E-state index in [2.05, 4.69) is 89.9 Å². The van der Waals surface area contributed by atoms with Crippen LogP contribution in [0, 0.1) is 0 Å². The molecule has 1 N–H and O–H groups in total. The molecule has 5 rings (SSSR count). The maximum atomic E-state index is 4.79. The predicted octanol–water partition coefficient (Wildman–Crippen LogP) is 6.94. The van der Waals surface area contributed by atoms with Gasteiger partial charge in [0.15, 0.2) is 0 Å². The van der Waals surface area contributed by atoms with E-state index in [0.29, 0.717) is 0 Å². The van der Waals surface area contributed by atoms with Crippen molar-refractivity contribution in [2.24, 2.45) is 0 Å². The zero-order valence-electron chi connectivity index (χ0n) is 14.1. The molecule has 124 valence electrons. The van der Waals surface area contributed by atoms with Crippen LogP contribution in [0.2, 0.25) is 0 Å². The van der Waals surface area contributed by atoms with Crippen molar-refractivity contribution >= 4 is 34.4 Å². The number of aromatic amines is 1. The molecule has 0 spiro atoms. The van der Waals surface area contributed by atoms with E-state index >= 15 is 0 Å². The maximum Gasteiger partial charge on any atom is 0.0472 e. The lowest BCUT2D eigenvalue weighted by Gasteiger charge is -2.10. The lowest BCUT2D eigenvalue weighted by atomic mass is 9.94. The second-order valence-electron chi connectivity index (χ2n) is 6.47. The molecule has 26 heavy (non-hydrogen) atoms. The fourth-order valence-electron chi connectivity index (χ4n) is 3.78. The topological polar surface area (TPSA) is 15.8 Å². The zero-order valence-corrected chi connectivity index (χ0v) is 15.0. The van der Waals surface area contributed by atoms with Gasteiger partial charge in [-0.2, -0.15) is 0 Å². The van der Waals surface area contributed by atoms with Gasteiger partial charge in [-0.05, 0) is 34.9 Å². The summed E-state index contributed by atoms with van der Waals surface area (Å²) >= 11 is 4.79. The second kappa shape index (κ2) is 6.08. The zero-order chi connectivity index (χ0) is 17.5. The average Bonchev–Trinajstić information content (AvgIpc) is 3.08. The van der Waals surface area contributed by atoms with Crippen molar-refractivity contribution in [2.45, 2.75) is 4.90 Å². The van der Waals surface area contributed by atoms with Crippen LogP contribution in [0.4, 0.5) is 0 Å². The Morgan fingerprint density at radius 3 is 1.92 bits per heavy atom. The summed E-state index contributed by atoms with van der Waals surface area (Å²) in [5.74, 6) is 0. The predicted molar refractivity (Wildman–Crippen MR) is 114 cm³/mol. The molecule has 5 aromatic rings. The number of hydrogen-bond acceptors (Lipinski definition) is 1. The highest BCUT2D eigenvalue weighted by atomic mass is 32.1. The summed E-state index contributed by atoms with van der Waals surface area (Å²) in [6, 6.07) is 31.7. The number of thiol groups is 1. The van der Waals surface area contributed by atoms with Crippen LogP contribution >= 0.6 is 12.6 Å². The van der Waals surface area contributed by atoms with Crippen molar-refractivity contribution in [3.8, 4) is 22.3 Å². The third kappa shape index (κ3) is 2.34. The van der Waals surface area contributed by atoms with Gasteiger partial charge in [0.2, 0.25) is 0 Å². The van der Waals surface area contributed by atoms with Crippen molar-refractivity contribution in [3.05, 3.63) is 91.0 Å². The molecule has 0 atom stereocenters. The molecule has 0 saturated heterocycles. The van der Waals surface area contributed by atoms with E-state index in [9.17, 15) is 0 Å². The minimum atomic E-state index is 0.993. The van der Waals surface area contributed by atoms with Crippen LogP contribution in [0.1, 0.15) is 0 Å². The molecule has 0 aliphatic heterocycles. The van der Waals surface area contributed by atoms with Crippen molar-refractivity contribution in [2.75, 3.05) is 0 Å². The van der Waals surface area contributed by atoms with Crippen LogP contribution in [0.25, 0.3) is 44.1 Å². The van der Waals surface area contributed by atoms with Gasteiger partial charge in [0.25, 0.3) is 0 Å². The Labute approximate surface area is 157 Å². The highest BCUT2D eigenvalue weighted by Gasteiger charge is 2.16. The van der Waals surface area contributed by atoms with Crippen molar-refractivity contribution in [3.63, 3.8) is 0 Å². The monoisotopic (exact) mass is 351 g/mol. The average molecular weight is 351 g/mol. The van der Waals surface area contributed by atoms with Gasteiger partial charge in [-0.15, -0.1) is 12.6 Å². The number of H-pyrrole nitrogens is 1. The quantitative estimate of drug-likeness (QED) is 0.320. The molecular formula is C24H17NS. The Balaban J connectivity index is 1.96. The van der Waals surface area contributed by atoms with Crippen LogP contribution in [0.3, 0.4) is 0 Å². The van der Waals surface area contributed by atoms with Gasteiger partial charge in [0.1, 0.15) is 0 Å². The van der Waals surface area contributed by atoms with Crippen molar-refractivity contribution < 1.29 is 0 Å². The van der Waals surface area contributed by atoms with Crippen LogP contribution in [0.5, 0.6) is 0 Å². The van der Waals surface area contributed by atoms with Gasteiger partial charge in [0.05, 0.1) is 0 Å². The number of benzene rings is 4. The fraction of sp³-hybridized carbons (Fsp3) is 0. The first-order chi connectivity index (χ1) is 12.8. The molecule has 0 bridgehead atoms. The Bertz CT molecular complexity index is 1220. The van der Waals surface area contributed by atoms with E-state index in [-0.39, 0.29) is 0 Å².